The molecule has 1 aromatic rings. The fourth-order valence-corrected chi connectivity index (χ4v) is 4.61. The molecule has 0 bridgehead atoms. The van der Waals surface area contributed by atoms with Gasteiger partial charge in [-0.3, -0.25) is 4.68 Å². The van der Waals surface area contributed by atoms with Crippen molar-refractivity contribution in [2.45, 2.75) is 85.2 Å². The molecule has 2 fully saturated rings. The van der Waals surface area contributed by atoms with Crippen LogP contribution in [0.15, 0.2) is 12.3 Å². The van der Waals surface area contributed by atoms with E-state index in [1.165, 1.54) is 12.1 Å². The molecule has 1 aliphatic heterocycles. The largest absolute Gasteiger partial charge is 0.372 e. The number of nitrogens with zero attached hydrogens (tertiary/aromatic N) is 2. The van der Waals surface area contributed by atoms with E-state index in [-0.39, 0.29) is 17.1 Å². The minimum absolute atomic E-state index is 0.0603. The molecule has 27 heavy (non-hydrogen) atoms. The van der Waals surface area contributed by atoms with Crippen molar-refractivity contribution in [3.8, 4) is 0 Å². The third-order valence-corrected chi connectivity index (χ3v) is 6.46. The maximum atomic E-state index is 6.25. The molecule has 0 spiro atoms. The van der Waals surface area contributed by atoms with Gasteiger partial charge in [-0.1, -0.05) is 13.8 Å². The first-order valence-corrected chi connectivity index (χ1v) is 10.7. The van der Waals surface area contributed by atoms with Crippen molar-refractivity contribution in [1.82, 2.24) is 15.1 Å². The Labute approximate surface area is 165 Å². The van der Waals surface area contributed by atoms with E-state index < -0.39 is 0 Å². The van der Waals surface area contributed by atoms with Gasteiger partial charge < -0.3 is 14.8 Å². The Kier molecular flexibility index (Phi) is 6.34. The highest BCUT2D eigenvalue weighted by molar-refractivity contribution is 5.08. The summed E-state index contributed by atoms with van der Waals surface area (Å²) in [5, 5.41) is 8.19. The van der Waals surface area contributed by atoms with E-state index in [0.717, 1.165) is 39.1 Å². The summed E-state index contributed by atoms with van der Waals surface area (Å²) < 4.78 is 14.5. The average Bonchev–Trinajstić information content (AvgIpc) is 3.08. The number of hydrogen-bond acceptors (Lipinski definition) is 4. The average molecular weight is 378 g/mol. The Morgan fingerprint density at radius 2 is 2.11 bits per heavy atom. The van der Waals surface area contributed by atoms with Crippen LogP contribution in [0.5, 0.6) is 0 Å². The van der Waals surface area contributed by atoms with Gasteiger partial charge in [-0.2, -0.15) is 5.10 Å². The molecule has 0 amide bonds. The number of aryl methyl sites for hydroxylation is 1. The van der Waals surface area contributed by atoms with E-state index in [1.54, 1.807) is 0 Å². The smallest absolute Gasteiger partial charge is 0.103 e. The van der Waals surface area contributed by atoms with E-state index in [4.69, 9.17) is 9.47 Å². The van der Waals surface area contributed by atoms with Crippen LogP contribution in [0.25, 0.3) is 0 Å². The topological polar surface area (TPSA) is 48.3 Å². The zero-order chi connectivity index (χ0) is 19.7. The zero-order valence-electron chi connectivity index (χ0n) is 18.1. The summed E-state index contributed by atoms with van der Waals surface area (Å²) in [6, 6.07) is 2.12. The summed E-state index contributed by atoms with van der Waals surface area (Å²) in [4.78, 5) is 0. The lowest BCUT2D eigenvalue weighted by Gasteiger charge is -2.54. The molecule has 2 aliphatic rings. The zero-order valence-corrected chi connectivity index (χ0v) is 18.1. The standard InChI is InChI=1S/C22H39N3O2/c1-7-25-18(10-11-24-25)20-16(9-8-12-26-20)14-23-15-17-13-19(22(17,5)6)27-21(2,3)4/h10-11,16-17,19-20,23H,7-9,12-15H2,1-6H3/t16-,17-,19-,20+/m0/s1. The molecular formula is C22H39N3O2. The lowest BCUT2D eigenvalue weighted by atomic mass is 9.60. The lowest BCUT2D eigenvalue weighted by molar-refractivity contribution is -0.187. The summed E-state index contributed by atoms with van der Waals surface area (Å²) in [6.45, 7) is 17.1. The van der Waals surface area contributed by atoms with Crippen LogP contribution in [0, 0.1) is 17.3 Å². The quantitative estimate of drug-likeness (QED) is 0.774. The van der Waals surface area contributed by atoms with Crippen molar-refractivity contribution in [1.29, 1.82) is 0 Å². The van der Waals surface area contributed by atoms with Crippen molar-refractivity contribution in [3.63, 3.8) is 0 Å². The Balaban J connectivity index is 1.51. The molecule has 2 heterocycles. The Morgan fingerprint density at radius 3 is 2.78 bits per heavy atom. The van der Waals surface area contributed by atoms with Crippen molar-refractivity contribution < 1.29 is 9.47 Å². The molecule has 3 rings (SSSR count). The molecule has 154 valence electrons. The Hall–Kier alpha value is -0.910. The van der Waals surface area contributed by atoms with Gasteiger partial charge in [-0.15, -0.1) is 0 Å². The van der Waals surface area contributed by atoms with Gasteiger partial charge in [0.1, 0.15) is 6.10 Å². The van der Waals surface area contributed by atoms with Gasteiger partial charge in [0.05, 0.1) is 17.4 Å². The molecular weight excluding hydrogens is 338 g/mol. The highest BCUT2D eigenvalue weighted by Crippen LogP contribution is 2.49. The van der Waals surface area contributed by atoms with Crippen LogP contribution >= 0.6 is 0 Å². The Morgan fingerprint density at radius 1 is 1.33 bits per heavy atom. The lowest BCUT2D eigenvalue weighted by Crippen LogP contribution is -2.56. The van der Waals surface area contributed by atoms with E-state index in [9.17, 15) is 0 Å². The van der Waals surface area contributed by atoms with Gasteiger partial charge in [0.2, 0.25) is 0 Å². The van der Waals surface area contributed by atoms with Crippen LogP contribution in [0.1, 0.15) is 72.6 Å². The Bertz CT molecular complexity index is 605. The third-order valence-electron chi connectivity index (χ3n) is 6.46. The summed E-state index contributed by atoms with van der Waals surface area (Å²) in [5.41, 5.74) is 1.41. The molecule has 0 radical (unpaired) electrons. The fraction of sp³-hybridized carbons (Fsp3) is 0.864. The monoisotopic (exact) mass is 377 g/mol. The van der Waals surface area contributed by atoms with E-state index in [2.05, 4.69) is 62.7 Å². The molecule has 1 saturated heterocycles. The van der Waals surface area contributed by atoms with Crippen molar-refractivity contribution in [2.75, 3.05) is 19.7 Å². The molecule has 5 nitrogen and oxygen atoms in total. The third kappa shape index (κ3) is 4.75. The van der Waals surface area contributed by atoms with Crippen LogP contribution < -0.4 is 5.32 Å². The minimum Gasteiger partial charge on any atom is -0.372 e. The summed E-state index contributed by atoms with van der Waals surface area (Å²) in [7, 11) is 0. The molecule has 0 unspecified atom stereocenters. The first-order valence-electron chi connectivity index (χ1n) is 10.7. The molecule has 1 aromatic heterocycles. The van der Waals surface area contributed by atoms with Crippen LogP contribution in [0.4, 0.5) is 0 Å². The van der Waals surface area contributed by atoms with E-state index in [1.807, 2.05) is 6.20 Å². The number of nitrogens with one attached hydrogen (secondary N) is 1. The number of rotatable bonds is 7. The first-order chi connectivity index (χ1) is 12.7. The van der Waals surface area contributed by atoms with Gasteiger partial charge in [0.15, 0.2) is 0 Å². The van der Waals surface area contributed by atoms with E-state index in [0.29, 0.717) is 17.9 Å². The number of ether oxygens (including phenoxy) is 2. The van der Waals surface area contributed by atoms with Crippen LogP contribution in [-0.2, 0) is 16.0 Å². The highest BCUT2D eigenvalue weighted by Gasteiger charge is 2.49. The van der Waals surface area contributed by atoms with Crippen LogP contribution in [-0.4, -0.2) is 41.2 Å². The normalized spacial score (nSPS) is 30.9. The molecule has 0 aromatic carbocycles. The SMILES string of the molecule is CCn1nccc1[C@@H]1OCCC[C@H]1CNC[C@@H]1C[C@H](OC(C)(C)C)C1(C)C. The second-order valence-electron chi connectivity index (χ2n) is 9.90. The van der Waals surface area contributed by atoms with E-state index >= 15 is 0 Å². The second kappa shape index (κ2) is 8.22. The summed E-state index contributed by atoms with van der Waals surface area (Å²) in [5.74, 6) is 1.19. The molecule has 4 atom stereocenters. The second-order valence-corrected chi connectivity index (χ2v) is 9.90. The van der Waals surface area contributed by atoms with Crippen molar-refractivity contribution in [3.05, 3.63) is 18.0 Å². The van der Waals surface area contributed by atoms with Gasteiger partial charge in [0, 0.05) is 31.8 Å². The summed E-state index contributed by atoms with van der Waals surface area (Å²) in [6.07, 6.45) is 5.96. The van der Waals surface area contributed by atoms with Gasteiger partial charge in [0.25, 0.3) is 0 Å². The van der Waals surface area contributed by atoms with Gasteiger partial charge >= 0.3 is 0 Å². The predicted octanol–water partition coefficient (Wildman–Crippen LogP) is 4.19. The molecule has 1 aliphatic carbocycles. The maximum absolute atomic E-state index is 6.25. The maximum Gasteiger partial charge on any atom is 0.103 e. The van der Waals surface area contributed by atoms with Crippen LogP contribution in [0.2, 0.25) is 0 Å². The van der Waals surface area contributed by atoms with Crippen molar-refractivity contribution >= 4 is 0 Å². The highest BCUT2D eigenvalue weighted by atomic mass is 16.5. The first kappa shape index (κ1) is 20.8. The molecule has 5 heteroatoms. The minimum atomic E-state index is -0.0603. The summed E-state index contributed by atoms with van der Waals surface area (Å²) >= 11 is 0. The predicted molar refractivity (Wildman–Crippen MR) is 109 cm³/mol. The molecule has 1 N–H and O–H groups in total. The number of aromatic nitrogens is 2. The number of hydrogen-bond donors (Lipinski definition) is 1. The fourth-order valence-electron chi connectivity index (χ4n) is 4.61. The van der Waals surface area contributed by atoms with Gasteiger partial charge in [-0.05, 0) is 70.9 Å². The van der Waals surface area contributed by atoms with Crippen molar-refractivity contribution in [2.24, 2.45) is 17.3 Å². The molecule has 1 saturated carbocycles. The van der Waals surface area contributed by atoms with Gasteiger partial charge in [-0.25, -0.2) is 0 Å². The van der Waals surface area contributed by atoms with Crippen LogP contribution in [0.3, 0.4) is 0 Å².